The molecular formula is C12H17N3OS. The molecule has 0 radical (unpaired) electrons. The third-order valence-corrected chi connectivity index (χ3v) is 4.32. The second-order valence-corrected chi connectivity index (χ2v) is 5.47. The maximum atomic E-state index is 7.56. The lowest BCUT2D eigenvalue weighted by molar-refractivity contribution is 0.127. The van der Waals surface area contributed by atoms with Gasteiger partial charge in [-0.3, -0.25) is 5.41 Å². The van der Waals surface area contributed by atoms with Gasteiger partial charge in [0.15, 0.2) is 0 Å². The number of thioether (sulfide) groups is 1. The molecule has 2 heterocycles. The molecule has 3 N–H and O–H groups in total. The zero-order valence-corrected chi connectivity index (χ0v) is 10.9. The summed E-state index contributed by atoms with van der Waals surface area (Å²) in [6.07, 6.45) is 1.26. The van der Waals surface area contributed by atoms with Gasteiger partial charge in [-0.1, -0.05) is 11.8 Å². The van der Waals surface area contributed by atoms with Gasteiger partial charge >= 0.3 is 0 Å². The van der Waals surface area contributed by atoms with Crippen LogP contribution in [0.15, 0.2) is 17.2 Å². The zero-order valence-electron chi connectivity index (χ0n) is 10.1. The van der Waals surface area contributed by atoms with E-state index in [1.54, 1.807) is 11.8 Å². The van der Waals surface area contributed by atoms with Crippen molar-refractivity contribution in [1.29, 1.82) is 5.41 Å². The molecule has 2 unspecified atom stereocenters. The predicted molar refractivity (Wildman–Crippen MR) is 69.7 cm³/mol. The number of nitrogens with two attached hydrogens (primary N) is 1. The van der Waals surface area contributed by atoms with E-state index in [-0.39, 0.29) is 11.9 Å². The van der Waals surface area contributed by atoms with Gasteiger partial charge < -0.3 is 10.5 Å². The minimum Gasteiger partial charge on any atom is -0.384 e. The van der Waals surface area contributed by atoms with Crippen LogP contribution in [-0.4, -0.2) is 28.8 Å². The van der Waals surface area contributed by atoms with Gasteiger partial charge in [0, 0.05) is 23.1 Å². The van der Waals surface area contributed by atoms with Crippen LogP contribution in [0.4, 0.5) is 0 Å². The summed E-state index contributed by atoms with van der Waals surface area (Å²) in [5.74, 6) is 0.0755. The van der Waals surface area contributed by atoms with E-state index in [4.69, 9.17) is 15.9 Å². The second kappa shape index (κ2) is 5.06. The number of rotatable bonds is 3. The first kappa shape index (κ1) is 12.4. The molecular weight excluding hydrogens is 234 g/mol. The number of nitrogens with one attached hydrogen (secondary N) is 1. The Morgan fingerprint density at radius 3 is 2.94 bits per heavy atom. The number of pyridine rings is 1. The van der Waals surface area contributed by atoms with Crippen molar-refractivity contribution in [3.8, 4) is 0 Å². The van der Waals surface area contributed by atoms with E-state index < -0.39 is 0 Å². The molecule has 5 heteroatoms. The summed E-state index contributed by atoms with van der Waals surface area (Å²) in [5, 5.41) is 8.82. The van der Waals surface area contributed by atoms with Crippen molar-refractivity contribution in [3.05, 3.63) is 23.4 Å². The van der Waals surface area contributed by atoms with Crippen molar-refractivity contribution in [1.82, 2.24) is 4.98 Å². The molecule has 1 aromatic rings. The summed E-state index contributed by atoms with van der Waals surface area (Å²) in [5.41, 5.74) is 7.24. The molecule has 0 amide bonds. The SMILES string of the molecule is Cc1ccc(C(=N)N)c(SC2CCOC2C)n1. The van der Waals surface area contributed by atoms with Gasteiger partial charge in [0.25, 0.3) is 0 Å². The lowest BCUT2D eigenvalue weighted by atomic mass is 10.2. The lowest BCUT2D eigenvalue weighted by Crippen LogP contribution is -2.17. The largest absolute Gasteiger partial charge is 0.384 e. The standard InChI is InChI=1S/C12H17N3OS/c1-7-3-4-9(11(13)14)12(15-7)17-10-5-6-16-8(10)2/h3-4,8,10H,5-6H2,1-2H3,(H3,13,14). The van der Waals surface area contributed by atoms with Crippen LogP contribution in [0, 0.1) is 12.3 Å². The highest BCUT2D eigenvalue weighted by Gasteiger charge is 2.26. The van der Waals surface area contributed by atoms with Gasteiger partial charge in [0.2, 0.25) is 0 Å². The van der Waals surface area contributed by atoms with Crippen molar-refractivity contribution < 1.29 is 4.74 Å². The van der Waals surface area contributed by atoms with Gasteiger partial charge in [-0.15, -0.1) is 0 Å². The number of nitrogen functional groups attached to an aromatic ring is 1. The first-order valence-electron chi connectivity index (χ1n) is 5.68. The number of hydrogen-bond acceptors (Lipinski definition) is 4. The summed E-state index contributed by atoms with van der Waals surface area (Å²) in [4.78, 5) is 4.48. The summed E-state index contributed by atoms with van der Waals surface area (Å²) >= 11 is 1.67. The molecule has 1 saturated heterocycles. The molecule has 1 aliphatic rings. The summed E-state index contributed by atoms with van der Waals surface area (Å²) in [6.45, 7) is 4.83. The Hall–Kier alpha value is -1.07. The van der Waals surface area contributed by atoms with Crippen LogP contribution in [0.25, 0.3) is 0 Å². The number of aryl methyl sites for hydroxylation is 1. The van der Waals surface area contributed by atoms with E-state index in [9.17, 15) is 0 Å². The fourth-order valence-electron chi connectivity index (χ4n) is 1.84. The van der Waals surface area contributed by atoms with Crippen molar-refractivity contribution in [3.63, 3.8) is 0 Å². The molecule has 1 aliphatic heterocycles. The molecule has 4 nitrogen and oxygen atoms in total. The number of aromatic nitrogens is 1. The number of hydrogen-bond donors (Lipinski definition) is 2. The molecule has 0 saturated carbocycles. The van der Waals surface area contributed by atoms with Crippen LogP contribution in [0.5, 0.6) is 0 Å². The Labute approximate surface area is 105 Å². The fourth-order valence-corrected chi connectivity index (χ4v) is 3.11. The van der Waals surface area contributed by atoms with E-state index in [2.05, 4.69) is 11.9 Å². The first-order chi connectivity index (χ1) is 8.08. The zero-order chi connectivity index (χ0) is 12.4. The topological polar surface area (TPSA) is 72.0 Å². The van der Waals surface area contributed by atoms with Crippen LogP contribution in [-0.2, 0) is 4.74 Å². The van der Waals surface area contributed by atoms with Crippen LogP contribution < -0.4 is 5.73 Å². The van der Waals surface area contributed by atoms with Crippen molar-refractivity contribution >= 4 is 17.6 Å². The maximum Gasteiger partial charge on any atom is 0.125 e. The highest BCUT2D eigenvalue weighted by atomic mass is 32.2. The first-order valence-corrected chi connectivity index (χ1v) is 6.56. The number of amidine groups is 1. The van der Waals surface area contributed by atoms with E-state index in [1.807, 2.05) is 19.1 Å². The molecule has 0 bridgehead atoms. The lowest BCUT2D eigenvalue weighted by Gasteiger charge is -2.15. The Morgan fingerprint density at radius 2 is 2.35 bits per heavy atom. The Kier molecular flexibility index (Phi) is 3.69. The quantitative estimate of drug-likeness (QED) is 0.636. The number of nitrogens with zero attached hydrogens (tertiary/aromatic N) is 1. The molecule has 1 aromatic heterocycles. The highest BCUT2D eigenvalue weighted by Crippen LogP contribution is 2.33. The van der Waals surface area contributed by atoms with Gasteiger partial charge in [-0.05, 0) is 32.4 Å². The molecule has 0 aromatic carbocycles. The Balaban J connectivity index is 2.24. The maximum absolute atomic E-state index is 7.56. The van der Waals surface area contributed by atoms with E-state index in [1.165, 1.54) is 0 Å². The Bertz CT molecular complexity index is 436. The smallest absolute Gasteiger partial charge is 0.125 e. The summed E-state index contributed by atoms with van der Waals surface area (Å²) < 4.78 is 5.53. The molecule has 0 spiro atoms. The molecule has 17 heavy (non-hydrogen) atoms. The van der Waals surface area contributed by atoms with Crippen molar-refractivity contribution in [2.75, 3.05) is 6.61 Å². The minimum absolute atomic E-state index is 0.0755. The molecule has 0 aliphatic carbocycles. The third-order valence-electron chi connectivity index (χ3n) is 2.86. The van der Waals surface area contributed by atoms with E-state index >= 15 is 0 Å². The average molecular weight is 251 g/mol. The monoisotopic (exact) mass is 251 g/mol. The van der Waals surface area contributed by atoms with Gasteiger partial charge in [-0.2, -0.15) is 0 Å². The molecule has 2 atom stereocenters. The van der Waals surface area contributed by atoms with Crippen LogP contribution in [0.3, 0.4) is 0 Å². The van der Waals surface area contributed by atoms with Crippen LogP contribution >= 0.6 is 11.8 Å². The van der Waals surface area contributed by atoms with Crippen LogP contribution in [0.2, 0.25) is 0 Å². The number of ether oxygens (including phenoxy) is 1. The predicted octanol–water partition coefficient (Wildman–Crippen LogP) is 1.94. The normalized spacial score (nSPS) is 23.9. The van der Waals surface area contributed by atoms with Crippen molar-refractivity contribution in [2.45, 2.75) is 36.6 Å². The summed E-state index contributed by atoms with van der Waals surface area (Å²) in [7, 11) is 0. The Morgan fingerprint density at radius 1 is 1.59 bits per heavy atom. The molecule has 92 valence electrons. The highest BCUT2D eigenvalue weighted by molar-refractivity contribution is 8.00. The molecule has 1 fully saturated rings. The van der Waals surface area contributed by atoms with E-state index in [0.29, 0.717) is 5.25 Å². The van der Waals surface area contributed by atoms with Gasteiger partial charge in [0.05, 0.1) is 6.10 Å². The minimum atomic E-state index is 0.0755. The van der Waals surface area contributed by atoms with Gasteiger partial charge in [0.1, 0.15) is 10.9 Å². The van der Waals surface area contributed by atoms with Crippen molar-refractivity contribution in [2.24, 2.45) is 5.73 Å². The third kappa shape index (κ3) is 2.79. The van der Waals surface area contributed by atoms with Crippen LogP contribution in [0.1, 0.15) is 24.6 Å². The average Bonchev–Trinajstić information content (AvgIpc) is 2.64. The molecule has 2 rings (SSSR count). The summed E-state index contributed by atoms with van der Waals surface area (Å²) in [6, 6.07) is 3.75. The van der Waals surface area contributed by atoms with Gasteiger partial charge in [-0.25, -0.2) is 4.98 Å². The van der Waals surface area contributed by atoms with E-state index in [0.717, 1.165) is 29.3 Å². The fraction of sp³-hybridized carbons (Fsp3) is 0.500. The second-order valence-electron chi connectivity index (χ2n) is 4.24.